The lowest BCUT2D eigenvalue weighted by atomic mass is 10.2. The Labute approximate surface area is 182 Å². The fourth-order valence-corrected chi connectivity index (χ4v) is 4.61. The first-order valence-electron chi connectivity index (χ1n) is 9.62. The molecular formula is C20H21ClFN5O2S. The van der Waals surface area contributed by atoms with Gasteiger partial charge in [-0.2, -0.15) is 0 Å². The highest BCUT2D eigenvalue weighted by molar-refractivity contribution is 7.99. The predicted molar refractivity (Wildman–Crippen MR) is 112 cm³/mol. The number of benzene rings is 1. The summed E-state index contributed by atoms with van der Waals surface area (Å²) in [6, 6.07) is 6.36. The lowest BCUT2D eigenvalue weighted by Crippen LogP contribution is -2.17. The van der Waals surface area contributed by atoms with E-state index < -0.39 is 5.82 Å². The van der Waals surface area contributed by atoms with Crippen LogP contribution in [0.25, 0.3) is 5.69 Å². The quantitative estimate of drug-likeness (QED) is 0.400. The zero-order valence-corrected chi connectivity index (χ0v) is 18.2. The van der Waals surface area contributed by atoms with E-state index >= 15 is 0 Å². The molecule has 0 bridgehead atoms. The highest BCUT2D eigenvalue weighted by atomic mass is 35.5. The molecule has 1 aliphatic heterocycles. The zero-order valence-electron chi connectivity index (χ0n) is 16.6. The van der Waals surface area contributed by atoms with E-state index in [1.807, 2.05) is 24.5 Å². The fourth-order valence-electron chi connectivity index (χ4n) is 3.67. The molecule has 10 heteroatoms. The molecule has 1 aromatic carbocycles. The molecule has 3 heterocycles. The summed E-state index contributed by atoms with van der Waals surface area (Å²) >= 11 is 7.24. The number of halogens is 2. The van der Waals surface area contributed by atoms with Crippen molar-refractivity contribution in [1.29, 1.82) is 0 Å². The number of ketones is 1. The van der Waals surface area contributed by atoms with Crippen molar-refractivity contribution in [3.8, 4) is 5.69 Å². The molecule has 4 rings (SSSR count). The molecule has 0 amide bonds. The molecule has 0 radical (unpaired) electrons. The van der Waals surface area contributed by atoms with Crippen LogP contribution in [0.4, 0.5) is 4.39 Å². The molecule has 0 saturated carbocycles. The van der Waals surface area contributed by atoms with E-state index in [1.165, 1.54) is 17.8 Å². The molecule has 0 N–H and O–H groups in total. The molecule has 0 spiro atoms. The second kappa shape index (κ2) is 8.87. The van der Waals surface area contributed by atoms with E-state index in [4.69, 9.17) is 16.3 Å². The van der Waals surface area contributed by atoms with Gasteiger partial charge in [0.1, 0.15) is 5.82 Å². The third-order valence-corrected chi connectivity index (χ3v) is 6.37. The van der Waals surface area contributed by atoms with Crippen LogP contribution in [0, 0.1) is 19.7 Å². The summed E-state index contributed by atoms with van der Waals surface area (Å²) in [5.74, 6) is -0.295. The summed E-state index contributed by atoms with van der Waals surface area (Å²) in [4.78, 5) is 12.9. The molecule has 1 aliphatic rings. The number of Topliss-reactive ketones (excluding diaryl/α,β-unsaturated/α-hetero) is 1. The van der Waals surface area contributed by atoms with Gasteiger partial charge in [-0.05, 0) is 61.4 Å². The van der Waals surface area contributed by atoms with Crippen molar-refractivity contribution < 1.29 is 13.9 Å². The number of hydrogen-bond donors (Lipinski definition) is 0. The Kier molecular flexibility index (Phi) is 6.21. The Balaban J connectivity index is 1.48. The van der Waals surface area contributed by atoms with Crippen molar-refractivity contribution >= 4 is 29.1 Å². The first-order valence-corrected chi connectivity index (χ1v) is 11.0. The Morgan fingerprint density at radius 2 is 2.20 bits per heavy atom. The molecule has 0 unspecified atom stereocenters. The van der Waals surface area contributed by atoms with E-state index in [0.717, 1.165) is 30.8 Å². The highest BCUT2D eigenvalue weighted by Crippen LogP contribution is 2.26. The fraction of sp³-hybridized carbons (Fsp3) is 0.400. The van der Waals surface area contributed by atoms with Crippen LogP contribution >= 0.6 is 23.4 Å². The number of rotatable bonds is 7. The third kappa shape index (κ3) is 4.28. The number of carbonyl (C=O) groups excluding carboxylic acids is 1. The first-order chi connectivity index (χ1) is 14.4. The minimum absolute atomic E-state index is 0.0285. The van der Waals surface area contributed by atoms with Crippen LogP contribution in [-0.4, -0.2) is 49.0 Å². The van der Waals surface area contributed by atoms with Gasteiger partial charge in [0, 0.05) is 29.2 Å². The zero-order chi connectivity index (χ0) is 21.3. The SMILES string of the molecule is Cc1cc(C(=O)CSc2nnnn2C[C@@H]2CCCO2)c(C)n1-c1ccc(F)c(Cl)c1. The van der Waals surface area contributed by atoms with Gasteiger partial charge in [0.2, 0.25) is 5.16 Å². The van der Waals surface area contributed by atoms with Crippen LogP contribution < -0.4 is 0 Å². The van der Waals surface area contributed by atoms with Crippen molar-refractivity contribution in [2.75, 3.05) is 12.4 Å². The Morgan fingerprint density at radius 1 is 1.37 bits per heavy atom. The maximum absolute atomic E-state index is 13.5. The third-order valence-electron chi connectivity index (χ3n) is 5.12. The summed E-state index contributed by atoms with van der Waals surface area (Å²) in [5.41, 5.74) is 2.97. The van der Waals surface area contributed by atoms with Gasteiger partial charge in [-0.15, -0.1) is 5.10 Å². The number of ether oxygens (including phenoxy) is 1. The van der Waals surface area contributed by atoms with Gasteiger partial charge >= 0.3 is 0 Å². The van der Waals surface area contributed by atoms with Crippen molar-refractivity contribution in [3.05, 3.63) is 52.1 Å². The standard InChI is InChI=1S/C20H21ClFN5O2S/c1-12-8-16(13(2)27(12)14-5-6-18(22)17(21)9-14)19(28)11-30-20-23-24-25-26(20)10-15-4-3-7-29-15/h5-6,8-9,15H,3-4,7,10-11H2,1-2H3/t15-/m0/s1. The average molecular weight is 450 g/mol. The summed E-state index contributed by atoms with van der Waals surface area (Å²) in [7, 11) is 0. The first kappa shape index (κ1) is 21.0. The second-order valence-electron chi connectivity index (χ2n) is 7.21. The van der Waals surface area contributed by atoms with E-state index in [9.17, 15) is 9.18 Å². The van der Waals surface area contributed by atoms with Crippen molar-refractivity contribution in [1.82, 2.24) is 24.8 Å². The van der Waals surface area contributed by atoms with Crippen molar-refractivity contribution in [3.63, 3.8) is 0 Å². The Bertz CT molecular complexity index is 1080. The van der Waals surface area contributed by atoms with Crippen molar-refractivity contribution in [2.45, 2.75) is 44.5 Å². The molecule has 3 aromatic rings. The topological polar surface area (TPSA) is 74.8 Å². The number of aryl methyl sites for hydroxylation is 1. The summed E-state index contributed by atoms with van der Waals surface area (Å²) < 4.78 is 22.7. The minimum atomic E-state index is -0.476. The number of nitrogens with zero attached hydrogens (tertiary/aromatic N) is 5. The molecule has 2 aromatic heterocycles. The van der Waals surface area contributed by atoms with E-state index in [0.29, 0.717) is 23.0 Å². The minimum Gasteiger partial charge on any atom is -0.376 e. The smallest absolute Gasteiger partial charge is 0.209 e. The van der Waals surface area contributed by atoms with Gasteiger partial charge in [-0.3, -0.25) is 4.79 Å². The van der Waals surface area contributed by atoms with E-state index in [1.54, 1.807) is 16.8 Å². The van der Waals surface area contributed by atoms with E-state index in [2.05, 4.69) is 15.5 Å². The van der Waals surface area contributed by atoms with Crippen LogP contribution in [0.5, 0.6) is 0 Å². The summed E-state index contributed by atoms with van der Waals surface area (Å²) in [5, 5.41) is 12.4. The van der Waals surface area contributed by atoms with Gasteiger partial charge in [-0.25, -0.2) is 9.07 Å². The maximum Gasteiger partial charge on any atom is 0.209 e. The van der Waals surface area contributed by atoms with Gasteiger partial charge in [0.15, 0.2) is 5.78 Å². The van der Waals surface area contributed by atoms with Crippen LogP contribution in [0.1, 0.15) is 34.6 Å². The largest absolute Gasteiger partial charge is 0.376 e. The van der Waals surface area contributed by atoms with E-state index in [-0.39, 0.29) is 22.7 Å². The number of carbonyl (C=O) groups is 1. The summed E-state index contributed by atoms with van der Waals surface area (Å²) in [6.07, 6.45) is 2.15. The monoisotopic (exact) mass is 449 g/mol. The molecule has 1 fully saturated rings. The Morgan fingerprint density at radius 3 is 2.93 bits per heavy atom. The summed E-state index contributed by atoms with van der Waals surface area (Å²) in [6.45, 7) is 5.12. The average Bonchev–Trinajstić information content (AvgIpc) is 3.44. The molecule has 7 nitrogen and oxygen atoms in total. The number of aromatic nitrogens is 5. The van der Waals surface area contributed by atoms with Crippen LogP contribution in [0.15, 0.2) is 29.4 Å². The molecule has 30 heavy (non-hydrogen) atoms. The normalized spacial score (nSPS) is 16.3. The molecule has 0 aliphatic carbocycles. The lowest BCUT2D eigenvalue weighted by molar-refractivity contribution is 0.0912. The highest BCUT2D eigenvalue weighted by Gasteiger charge is 2.21. The molecular weight excluding hydrogens is 429 g/mol. The van der Waals surface area contributed by atoms with Gasteiger partial charge in [-0.1, -0.05) is 23.4 Å². The van der Waals surface area contributed by atoms with Gasteiger partial charge < -0.3 is 9.30 Å². The van der Waals surface area contributed by atoms with Gasteiger partial charge in [0.25, 0.3) is 0 Å². The molecule has 1 saturated heterocycles. The number of hydrogen-bond acceptors (Lipinski definition) is 6. The second-order valence-corrected chi connectivity index (χ2v) is 8.56. The van der Waals surface area contributed by atoms with Crippen LogP contribution in [0.3, 0.4) is 0 Å². The lowest BCUT2D eigenvalue weighted by Gasteiger charge is -2.11. The molecule has 1 atom stereocenters. The van der Waals surface area contributed by atoms with Crippen molar-refractivity contribution in [2.24, 2.45) is 0 Å². The Hall–Kier alpha value is -2.23. The van der Waals surface area contributed by atoms with Crippen LogP contribution in [-0.2, 0) is 11.3 Å². The maximum atomic E-state index is 13.5. The number of thioether (sulfide) groups is 1. The van der Waals surface area contributed by atoms with Gasteiger partial charge in [0.05, 0.1) is 23.4 Å². The predicted octanol–water partition coefficient (Wildman–Crippen LogP) is 4.03. The van der Waals surface area contributed by atoms with Crippen LogP contribution in [0.2, 0.25) is 5.02 Å². The molecule has 158 valence electrons. The number of tetrazole rings is 1.